The average Bonchev–Trinajstić information content (AvgIpc) is 2.77. The van der Waals surface area contributed by atoms with Gasteiger partial charge in [-0.2, -0.15) is 0 Å². The van der Waals surface area contributed by atoms with Crippen molar-refractivity contribution in [1.29, 1.82) is 0 Å². The number of hydrogen-bond donors (Lipinski definition) is 1. The third-order valence-electron chi connectivity index (χ3n) is 4.06. The second-order valence-electron chi connectivity index (χ2n) is 5.43. The van der Waals surface area contributed by atoms with Crippen LogP contribution >= 0.6 is 15.9 Å². The fourth-order valence-electron chi connectivity index (χ4n) is 2.77. The molecule has 2 aromatic rings. The molecule has 0 saturated heterocycles. The van der Waals surface area contributed by atoms with E-state index in [0.717, 1.165) is 34.7 Å². The summed E-state index contributed by atoms with van der Waals surface area (Å²) in [5.74, 6) is 1.84. The molecule has 0 amide bonds. The molecule has 19 heavy (non-hydrogen) atoms. The van der Waals surface area contributed by atoms with Gasteiger partial charge in [0, 0.05) is 5.39 Å². The van der Waals surface area contributed by atoms with Crippen LogP contribution in [0, 0.1) is 5.92 Å². The van der Waals surface area contributed by atoms with Crippen LogP contribution in [0.4, 0.5) is 0 Å². The van der Waals surface area contributed by atoms with E-state index in [2.05, 4.69) is 46.4 Å². The molecule has 2 nitrogen and oxygen atoms in total. The summed E-state index contributed by atoms with van der Waals surface area (Å²) in [5.41, 5.74) is 0.972. The lowest BCUT2D eigenvalue weighted by atomic mass is 9.78. The van der Waals surface area contributed by atoms with Crippen LogP contribution in [0.25, 0.3) is 11.0 Å². The Bertz CT molecular complexity index is 559. The van der Waals surface area contributed by atoms with Gasteiger partial charge in [-0.1, -0.05) is 25.5 Å². The lowest BCUT2D eigenvalue weighted by Crippen LogP contribution is -2.32. The molecule has 3 rings (SSSR count). The quantitative estimate of drug-likeness (QED) is 0.834. The van der Waals surface area contributed by atoms with Crippen molar-refractivity contribution in [2.75, 3.05) is 6.54 Å². The van der Waals surface area contributed by atoms with Crippen molar-refractivity contribution < 1.29 is 4.42 Å². The second-order valence-corrected chi connectivity index (χ2v) is 6.28. The number of hydrogen-bond acceptors (Lipinski definition) is 2. The Morgan fingerprint density at radius 2 is 2.26 bits per heavy atom. The summed E-state index contributed by atoms with van der Waals surface area (Å²) < 4.78 is 7.15. The van der Waals surface area contributed by atoms with Gasteiger partial charge in [-0.05, 0) is 59.8 Å². The summed E-state index contributed by atoms with van der Waals surface area (Å²) in [7, 11) is 0. The molecule has 1 aliphatic carbocycles. The largest absolute Gasteiger partial charge is 0.458 e. The van der Waals surface area contributed by atoms with Crippen molar-refractivity contribution in [2.24, 2.45) is 5.92 Å². The Hall–Kier alpha value is -0.800. The standard InChI is InChI=1S/C16H20BrNO/c1-2-9-18-15(11-5-3-6-11)14-10-12-7-4-8-13(17)16(12)19-14/h4,7-8,10-11,15,18H,2-3,5-6,9H2,1H3. The molecule has 0 spiro atoms. The predicted octanol–water partition coefficient (Wildman–Crippen LogP) is 5.04. The van der Waals surface area contributed by atoms with Gasteiger partial charge in [-0.3, -0.25) is 0 Å². The van der Waals surface area contributed by atoms with Gasteiger partial charge >= 0.3 is 0 Å². The highest BCUT2D eigenvalue weighted by molar-refractivity contribution is 9.10. The van der Waals surface area contributed by atoms with E-state index in [0.29, 0.717) is 6.04 Å². The zero-order chi connectivity index (χ0) is 13.2. The van der Waals surface area contributed by atoms with Crippen LogP contribution in [0.3, 0.4) is 0 Å². The van der Waals surface area contributed by atoms with E-state index >= 15 is 0 Å². The summed E-state index contributed by atoms with van der Waals surface area (Å²) in [5, 5.41) is 4.85. The van der Waals surface area contributed by atoms with E-state index in [1.54, 1.807) is 0 Å². The molecule has 1 atom stereocenters. The van der Waals surface area contributed by atoms with E-state index < -0.39 is 0 Å². The minimum Gasteiger partial charge on any atom is -0.458 e. The van der Waals surface area contributed by atoms with Crippen LogP contribution in [0.15, 0.2) is 33.2 Å². The molecule has 1 aliphatic rings. The van der Waals surface area contributed by atoms with Gasteiger partial charge in [0.1, 0.15) is 11.3 Å². The highest BCUT2D eigenvalue weighted by Gasteiger charge is 2.30. The van der Waals surface area contributed by atoms with E-state index in [-0.39, 0.29) is 0 Å². The zero-order valence-corrected chi connectivity index (χ0v) is 12.9. The molecule has 1 saturated carbocycles. The van der Waals surface area contributed by atoms with Gasteiger partial charge < -0.3 is 9.73 Å². The summed E-state index contributed by atoms with van der Waals surface area (Å²) in [4.78, 5) is 0. The van der Waals surface area contributed by atoms with Crippen molar-refractivity contribution in [3.63, 3.8) is 0 Å². The lowest BCUT2D eigenvalue weighted by molar-refractivity contribution is 0.210. The zero-order valence-electron chi connectivity index (χ0n) is 11.3. The maximum atomic E-state index is 6.11. The van der Waals surface area contributed by atoms with Crippen LogP contribution in [0.2, 0.25) is 0 Å². The van der Waals surface area contributed by atoms with Crippen molar-refractivity contribution >= 4 is 26.9 Å². The molecule has 1 aromatic heterocycles. The molecular weight excluding hydrogens is 302 g/mol. The first-order chi connectivity index (χ1) is 9.29. The van der Waals surface area contributed by atoms with Gasteiger partial charge in [-0.25, -0.2) is 0 Å². The Morgan fingerprint density at radius 3 is 2.89 bits per heavy atom. The average molecular weight is 322 g/mol. The van der Waals surface area contributed by atoms with Crippen molar-refractivity contribution in [3.05, 3.63) is 34.5 Å². The molecule has 1 fully saturated rings. The molecule has 0 aliphatic heterocycles. The monoisotopic (exact) mass is 321 g/mol. The van der Waals surface area contributed by atoms with Gasteiger partial charge in [0.2, 0.25) is 0 Å². The molecule has 1 N–H and O–H groups in total. The first-order valence-corrected chi connectivity index (χ1v) is 8.00. The highest BCUT2D eigenvalue weighted by Crippen LogP contribution is 2.40. The van der Waals surface area contributed by atoms with E-state index in [1.807, 2.05) is 6.07 Å². The number of fused-ring (bicyclic) bond motifs is 1. The fourth-order valence-corrected chi connectivity index (χ4v) is 3.24. The minimum atomic E-state index is 0.382. The number of nitrogens with one attached hydrogen (secondary N) is 1. The SMILES string of the molecule is CCCNC(c1cc2cccc(Br)c2o1)C1CCC1. The van der Waals surface area contributed by atoms with Crippen molar-refractivity contribution in [3.8, 4) is 0 Å². The van der Waals surface area contributed by atoms with Gasteiger partial charge in [0.15, 0.2) is 0 Å². The molecule has 0 radical (unpaired) electrons. The van der Waals surface area contributed by atoms with Crippen molar-refractivity contribution in [1.82, 2.24) is 5.32 Å². The number of benzene rings is 1. The van der Waals surface area contributed by atoms with Crippen LogP contribution in [0.1, 0.15) is 44.4 Å². The predicted molar refractivity (Wildman–Crippen MR) is 82.3 cm³/mol. The number of furan rings is 1. The van der Waals surface area contributed by atoms with Gasteiger partial charge in [0.25, 0.3) is 0 Å². The highest BCUT2D eigenvalue weighted by atomic mass is 79.9. The van der Waals surface area contributed by atoms with E-state index in [4.69, 9.17) is 4.42 Å². The molecule has 1 aromatic carbocycles. The number of halogens is 1. The maximum Gasteiger partial charge on any atom is 0.148 e. The van der Waals surface area contributed by atoms with Crippen LogP contribution in [0.5, 0.6) is 0 Å². The first kappa shape index (κ1) is 13.2. The topological polar surface area (TPSA) is 25.2 Å². The Balaban J connectivity index is 1.92. The summed E-state index contributed by atoms with van der Waals surface area (Å²) in [6, 6.07) is 8.79. The number of para-hydroxylation sites is 1. The van der Waals surface area contributed by atoms with Crippen molar-refractivity contribution in [2.45, 2.75) is 38.6 Å². The van der Waals surface area contributed by atoms with Gasteiger partial charge in [-0.15, -0.1) is 0 Å². The summed E-state index contributed by atoms with van der Waals surface area (Å²) in [6.07, 6.45) is 5.16. The van der Waals surface area contributed by atoms with Crippen LogP contribution < -0.4 is 5.32 Å². The van der Waals surface area contributed by atoms with E-state index in [9.17, 15) is 0 Å². The third-order valence-corrected chi connectivity index (χ3v) is 4.68. The lowest BCUT2D eigenvalue weighted by Gasteiger charge is -2.33. The Labute approximate surface area is 122 Å². The molecule has 3 heteroatoms. The molecule has 1 unspecified atom stereocenters. The summed E-state index contributed by atoms with van der Waals surface area (Å²) in [6.45, 7) is 3.26. The Kier molecular flexibility index (Phi) is 3.94. The molecule has 0 bridgehead atoms. The third kappa shape index (κ3) is 2.59. The van der Waals surface area contributed by atoms with Crippen LogP contribution in [-0.2, 0) is 0 Å². The van der Waals surface area contributed by atoms with Crippen LogP contribution in [-0.4, -0.2) is 6.54 Å². The number of rotatable bonds is 5. The maximum absolute atomic E-state index is 6.11. The minimum absolute atomic E-state index is 0.382. The first-order valence-electron chi connectivity index (χ1n) is 7.21. The van der Waals surface area contributed by atoms with Gasteiger partial charge in [0.05, 0.1) is 10.5 Å². The smallest absolute Gasteiger partial charge is 0.148 e. The summed E-state index contributed by atoms with van der Waals surface area (Å²) >= 11 is 3.57. The molecular formula is C16H20BrNO. The molecule has 1 heterocycles. The molecule has 102 valence electrons. The van der Waals surface area contributed by atoms with E-state index in [1.165, 1.54) is 24.6 Å². The normalized spacial score (nSPS) is 17.6. The fraction of sp³-hybridized carbons (Fsp3) is 0.500. The Morgan fingerprint density at radius 1 is 1.42 bits per heavy atom. The second kappa shape index (κ2) is 5.68.